The average molecular weight is 988 g/mol. The number of carbonyl (C=O) groups excluding carboxylic acids is 3. The van der Waals surface area contributed by atoms with Gasteiger partial charge in [0.15, 0.2) is 0 Å². The number of nitrogens with zero attached hydrogens (tertiary/aromatic N) is 3. The molecule has 398 valence electrons. The number of allylic oxidation sites excluding steroid dienone is 6. The lowest BCUT2D eigenvalue weighted by molar-refractivity contribution is -0.124. The number of aryl methyl sites for hydroxylation is 1. The number of Topliss-reactive ketones (excluding diaryl/α,β-unsaturated/α-hetero) is 1. The number of hydrogen-bond acceptors (Lipinski definition) is 6. The van der Waals surface area contributed by atoms with Gasteiger partial charge in [0.05, 0.1) is 22.5 Å². The summed E-state index contributed by atoms with van der Waals surface area (Å²) in [4.78, 5) is 55.9. The van der Waals surface area contributed by atoms with E-state index in [2.05, 4.69) is 138 Å². The number of piperidine rings is 1. The van der Waals surface area contributed by atoms with E-state index in [1.165, 1.54) is 22.5 Å². The minimum atomic E-state index is -0.265. The topological polar surface area (TPSA) is 102 Å². The normalized spacial score (nSPS) is 22.7. The summed E-state index contributed by atoms with van der Waals surface area (Å²) in [5.74, 6) is 0.352. The molecular weight excluding hydrogens is 889 g/mol. The minimum absolute atomic E-state index is 0.0112. The lowest BCUT2D eigenvalue weighted by Gasteiger charge is -2.42. The third kappa shape index (κ3) is 13.1. The second-order valence-electron chi connectivity index (χ2n) is 28.9. The maximum Gasteiger partial charge on any atom is 0.249 e. The Morgan fingerprint density at radius 3 is 1.74 bits per heavy atom. The smallest absolute Gasteiger partial charge is 0.249 e. The summed E-state index contributed by atoms with van der Waals surface area (Å²) in [6, 6.07) is 2.12. The van der Waals surface area contributed by atoms with Gasteiger partial charge in [0.2, 0.25) is 17.6 Å². The van der Waals surface area contributed by atoms with Gasteiger partial charge in [-0.1, -0.05) is 111 Å². The van der Waals surface area contributed by atoms with Crippen molar-refractivity contribution in [3.05, 3.63) is 62.6 Å². The third-order valence-electron chi connectivity index (χ3n) is 16.7. The number of hydrogen-bond donors (Lipinski definition) is 2. The third-order valence-corrected chi connectivity index (χ3v) is 16.7. The van der Waals surface area contributed by atoms with Gasteiger partial charge in [-0.3, -0.25) is 14.4 Å². The number of ketones is 1. The Morgan fingerprint density at radius 2 is 1.17 bits per heavy atom. The minimum Gasteiger partial charge on any atom is -0.506 e. The van der Waals surface area contributed by atoms with Gasteiger partial charge < -0.3 is 20.2 Å². The number of carbonyl (C=O) groups is 3. The molecule has 8 nitrogen and oxygen atoms in total. The molecule has 1 aromatic carbocycles. The van der Waals surface area contributed by atoms with Gasteiger partial charge in [0.25, 0.3) is 0 Å². The van der Waals surface area contributed by atoms with Gasteiger partial charge >= 0.3 is 0 Å². The van der Waals surface area contributed by atoms with Crippen molar-refractivity contribution in [3.8, 4) is 0 Å². The van der Waals surface area contributed by atoms with Crippen LogP contribution in [-0.4, -0.2) is 59.5 Å². The van der Waals surface area contributed by atoms with Crippen molar-refractivity contribution in [3.63, 3.8) is 0 Å². The van der Waals surface area contributed by atoms with Gasteiger partial charge in [0, 0.05) is 66.1 Å². The zero-order chi connectivity index (χ0) is 52.8. The van der Waals surface area contributed by atoms with Crippen LogP contribution >= 0.6 is 0 Å². The van der Waals surface area contributed by atoms with E-state index in [-0.39, 0.29) is 79.8 Å². The summed E-state index contributed by atoms with van der Waals surface area (Å²) >= 11 is 0. The standard InChI is InChI=1S/C64H98N4O4/c1-39(35-61(5,6)7)25-27-45(41(3)37-63(11,12)13)59(71)65-53-47-23-19-31-67-29-17-21-43(55(47)67)33-49(53)51-57(69)52(58(51)70)50-34-44-22-18-30-68-32-20-24-48(56(44)68)54(50)66-60(72)46(42(4)38-64(14,15)16)28-26-40(2)36-62(8,9)10/h33-34,39-42,45-46,69H,17-32,35-38H2,1-16H3,(H,65,71). The molecule has 2 aliphatic carbocycles. The van der Waals surface area contributed by atoms with E-state index in [1.807, 2.05) is 0 Å². The first-order chi connectivity index (χ1) is 33.5. The summed E-state index contributed by atoms with van der Waals surface area (Å²) in [6.07, 6.45) is 16.8. The van der Waals surface area contributed by atoms with Gasteiger partial charge in [-0.25, -0.2) is 4.99 Å². The molecule has 0 radical (unpaired) electrons. The van der Waals surface area contributed by atoms with Crippen LogP contribution in [-0.2, 0) is 27.2 Å². The first-order valence-electron chi connectivity index (χ1n) is 28.8. The van der Waals surface area contributed by atoms with E-state index >= 15 is 14.4 Å². The van der Waals surface area contributed by atoms with E-state index in [9.17, 15) is 5.11 Å². The average Bonchev–Trinajstić information content (AvgIpc) is 3.24. The summed E-state index contributed by atoms with van der Waals surface area (Å²) < 4.78 is 0. The van der Waals surface area contributed by atoms with Crippen LogP contribution in [0, 0.1) is 57.2 Å². The maximum absolute atomic E-state index is 15.4. The Balaban J connectivity index is 1.34. The van der Waals surface area contributed by atoms with Crippen LogP contribution in [0.1, 0.15) is 217 Å². The molecule has 1 saturated heterocycles. The van der Waals surface area contributed by atoms with Crippen LogP contribution in [0.2, 0.25) is 0 Å². The highest BCUT2D eigenvalue weighted by Crippen LogP contribution is 2.50. The van der Waals surface area contributed by atoms with E-state index in [1.54, 1.807) is 0 Å². The molecule has 4 aliphatic heterocycles. The lowest BCUT2D eigenvalue weighted by Crippen LogP contribution is -2.39. The number of nitrogens with one attached hydrogen (secondary N) is 1. The predicted molar refractivity (Wildman–Crippen MR) is 301 cm³/mol. The molecule has 4 heterocycles. The molecule has 2 amide bonds. The van der Waals surface area contributed by atoms with Gasteiger partial charge in [-0.05, 0) is 177 Å². The Kier molecular flexibility index (Phi) is 16.8. The van der Waals surface area contributed by atoms with Crippen molar-refractivity contribution in [1.82, 2.24) is 4.90 Å². The Morgan fingerprint density at radius 1 is 0.653 bits per heavy atom. The lowest BCUT2D eigenvalue weighted by atomic mass is 9.73. The number of aliphatic imine (C=N–C) groups is 1. The Labute approximate surface area is 437 Å². The fourth-order valence-corrected chi connectivity index (χ4v) is 14.4. The molecule has 72 heavy (non-hydrogen) atoms. The van der Waals surface area contributed by atoms with E-state index in [0.717, 1.165) is 140 Å². The van der Waals surface area contributed by atoms with Crippen molar-refractivity contribution in [2.75, 3.05) is 36.4 Å². The van der Waals surface area contributed by atoms with Crippen LogP contribution in [0.5, 0.6) is 0 Å². The quantitative estimate of drug-likeness (QED) is 0.160. The van der Waals surface area contributed by atoms with Crippen molar-refractivity contribution < 1.29 is 19.5 Å². The number of rotatable bonds is 16. The highest BCUT2D eigenvalue weighted by atomic mass is 16.3. The van der Waals surface area contributed by atoms with Crippen molar-refractivity contribution >= 4 is 40.3 Å². The highest BCUT2D eigenvalue weighted by Gasteiger charge is 2.45. The molecule has 1 fully saturated rings. The molecule has 1 aromatic rings. The van der Waals surface area contributed by atoms with Crippen molar-refractivity contribution in [1.29, 1.82) is 0 Å². The molecule has 0 bridgehead atoms. The molecule has 0 spiro atoms. The molecule has 6 unspecified atom stereocenters. The van der Waals surface area contributed by atoms with Crippen molar-refractivity contribution in [2.24, 2.45) is 62.2 Å². The first kappa shape index (κ1) is 55.8. The summed E-state index contributed by atoms with van der Waals surface area (Å²) in [5.41, 5.74) is 10.4. The van der Waals surface area contributed by atoms with Crippen LogP contribution < -0.4 is 10.2 Å². The Hall–Kier alpha value is -3.94. The number of anilines is 2. The molecule has 6 aliphatic rings. The molecule has 0 saturated carbocycles. The summed E-state index contributed by atoms with van der Waals surface area (Å²) in [5, 5.41) is 16.3. The van der Waals surface area contributed by atoms with Crippen LogP contribution in [0.15, 0.2) is 50.9 Å². The maximum atomic E-state index is 15.4. The van der Waals surface area contributed by atoms with E-state index in [4.69, 9.17) is 4.99 Å². The van der Waals surface area contributed by atoms with E-state index in [0.29, 0.717) is 34.4 Å². The number of aliphatic hydroxyl groups excluding tert-OH is 1. The van der Waals surface area contributed by atoms with Crippen LogP contribution in [0.3, 0.4) is 0 Å². The van der Waals surface area contributed by atoms with Gasteiger partial charge in [-0.2, -0.15) is 0 Å². The van der Waals surface area contributed by atoms with Gasteiger partial charge in [0.1, 0.15) is 5.76 Å². The largest absolute Gasteiger partial charge is 0.506 e. The zero-order valence-corrected chi connectivity index (χ0v) is 48.3. The van der Waals surface area contributed by atoms with E-state index < -0.39 is 0 Å². The summed E-state index contributed by atoms with van der Waals surface area (Å²) in [6.45, 7) is 40.3. The Bertz CT molecular complexity index is 2400. The molecule has 2 N–H and O–H groups in total. The fourth-order valence-electron chi connectivity index (χ4n) is 14.4. The molecule has 0 aromatic heterocycles. The van der Waals surface area contributed by atoms with Crippen LogP contribution in [0.4, 0.5) is 11.4 Å². The predicted octanol–water partition coefficient (Wildman–Crippen LogP) is 15.6. The molecule has 7 rings (SSSR count). The second kappa shape index (κ2) is 21.7. The number of amides is 2. The molecule has 6 atom stereocenters. The number of aliphatic hydroxyl groups is 1. The molecular formula is C64H98N4O4. The zero-order valence-electron chi connectivity index (χ0n) is 48.3. The fraction of sp³-hybridized carbons (Fsp3) is 0.719. The first-order valence-corrected chi connectivity index (χ1v) is 28.8. The van der Waals surface area contributed by atoms with Gasteiger partial charge in [-0.15, -0.1) is 0 Å². The van der Waals surface area contributed by atoms with Crippen LogP contribution in [0.25, 0.3) is 5.57 Å². The number of benzene rings is 1. The SMILES string of the molecule is CC(CCC(C(=O)N=C1C(=C2C(=O)C(c3cc4c5c(c3NC(=O)C(CCC(C)CC(C)(C)C)C(C)CC(C)(C)C)CCCN5CCC4)=C2O)C=C2CCCN3CCCC1=C23)C(C)CC(C)(C)C)CC(C)(C)C. The van der Waals surface area contributed by atoms with Crippen molar-refractivity contribution in [2.45, 2.75) is 214 Å². The summed E-state index contributed by atoms with van der Waals surface area (Å²) in [7, 11) is 0. The second-order valence-corrected chi connectivity index (χ2v) is 28.9. The monoisotopic (exact) mass is 987 g/mol. The molecule has 8 heteroatoms. The highest BCUT2D eigenvalue weighted by molar-refractivity contribution is 6.42.